The van der Waals surface area contributed by atoms with E-state index in [2.05, 4.69) is 16.9 Å². The van der Waals surface area contributed by atoms with Crippen molar-refractivity contribution in [3.05, 3.63) is 35.9 Å². The Kier molecular flexibility index (Phi) is 5.26. The van der Waals surface area contributed by atoms with Crippen LogP contribution in [0.1, 0.15) is 12.5 Å². The van der Waals surface area contributed by atoms with Crippen molar-refractivity contribution < 1.29 is 9.53 Å². The van der Waals surface area contributed by atoms with Gasteiger partial charge in [-0.2, -0.15) is 11.8 Å². The van der Waals surface area contributed by atoms with E-state index in [-0.39, 0.29) is 11.9 Å². The number of ether oxygens (including phenoxy) is 1. The van der Waals surface area contributed by atoms with Crippen LogP contribution in [0.15, 0.2) is 30.3 Å². The van der Waals surface area contributed by atoms with Crippen molar-refractivity contribution in [3.63, 3.8) is 0 Å². The van der Waals surface area contributed by atoms with Gasteiger partial charge in [-0.1, -0.05) is 37.3 Å². The second-order valence-corrected chi connectivity index (χ2v) is 4.46. The summed E-state index contributed by atoms with van der Waals surface area (Å²) in [5.74, 6) is 1.60. The van der Waals surface area contributed by atoms with Gasteiger partial charge in [-0.25, -0.2) is 0 Å². The van der Waals surface area contributed by atoms with E-state index in [0.29, 0.717) is 0 Å². The van der Waals surface area contributed by atoms with Crippen LogP contribution in [-0.2, 0) is 15.3 Å². The molecule has 82 valence electrons. The number of hydrogen-bond donors (Lipinski definition) is 0. The Morgan fingerprint density at radius 2 is 2.07 bits per heavy atom. The predicted molar refractivity (Wildman–Crippen MR) is 63.8 cm³/mol. The van der Waals surface area contributed by atoms with Gasteiger partial charge in [0.15, 0.2) is 0 Å². The summed E-state index contributed by atoms with van der Waals surface area (Å²) in [7, 11) is 1.43. The number of carbonyl (C=O) groups is 1. The fourth-order valence-corrected chi connectivity index (χ4v) is 2.23. The van der Waals surface area contributed by atoms with Crippen molar-refractivity contribution in [1.29, 1.82) is 0 Å². The van der Waals surface area contributed by atoms with Gasteiger partial charge in [0, 0.05) is 11.5 Å². The molecule has 0 radical (unpaired) electrons. The number of hydrogen-bond acceptors (Lipinski definition) is 3. The number of benzene rings is 1. The van der Waals surface area contributed by atoms with E-state index in [1.807, 2.05) is 25.1 Å². The lowest BCUT2D eigenvalue weighted by molar-refractivity contribution is -0.143. The molecule has 0 spiro atoms. The smallest absolute Gasteiger partial charge is 0.309 e. The fraction of sp³-hybridized carbons (Fsp3) is 0.417. The average Bonchev–Trinajstić information content (AvgIpc) is 2.29. The Hall–Kier alpha value is -0.960. The molecule has 0 unspecified atom stereocenters. The van der Waals surface area contributed by atoms with Crippen LogP contribution in [0.4, 0.5) is 0 Å². The van der Waals surface area contributed by atoms with E-state index in [4.69, 9.17) is 0 Å². The predicted octanol–water partition coefficient (Wildman–Crippen LogP) is 2.73. The highest BCUT2D eigenvalue weighted by atomic mass is 32.2. The molecule has 0 saturated carbocycles. The molecule has 0 bridgehead atoms. The minimum atomic E-state index is -0.129. The second kappa shape index (κ2) is 6.51. The largest absolute Gasteiger partial charge is 0.469 e. The minimum absolute atomic E-state index is 0.0243. The van der Waals surface area contributed by atoms with Crippen molar-refractivity contribution in [3.8, 4) is 0 Å². The molecule has 0 N–H and O–H groups in total. The quantitative estimate of drug-likeness (QED) is 0.719. The van der Waals surface area contributed by atoms with Crippen molar-refractivity contribution >= 4 is 17.7 Å². The summed E-state index contributed by atoms with van der Waals surface area (Å²) in [4.78, 5) is 11.1. The van der Waals surface area contributed by atoms with Gasteiger partial charge in [-0.3, -0.25) is 4.79 Å². The van der Waals surface area contributed by atoms with Crippen molar-refractivity contribution in [2.75, 3.05) is 12.9 Å². The molecule has 0 aromatic heterocycles. The van der Waals surface area contributed by atoms with E-state index < -0.39 is 0 Å². The lowest BCUT2D eigenvalue weighted by Crippen LogP contribution is -2.14. The lowest BCUT2D eigenvalue weighted by atomic mass is 10.2. The maximum absolute atomic E-state index is 11.1. The van der Waals surface area contributed by atoms with E-state index in [0.717, 1.165) is 11.5 Å². The van der Waals surface area contributed by atoms with Gasteiger partial charge in [0.2, 0.25) is 0 Å². The molecule has 0 aliphatic rings. The first-order valence-corrected chi connectivity index (χ1v) is 6.09. The number of carbonyl (C=O) groups excluding carboxylic acids is 1. The summed E-state index contributed by atoms with van der Waals surface area (Å²) in [5, 5.41) is 0. The fourth-order valence-electron chi connectivity index (χ4n) is 1.20. The van der Waals surface area contributed by atoms with Crippen molar-refractivity contribution in [2.45, 2.75) is 12.7 Å². The summed E-state index contributed by atoms with van der Waals surface area (Å²) in [6.07, 6.45) is 0. The van der Waals surface area contributed by atoms with Crippen LogP contribution < -0.4 is 0 Å². The number of thioether (sulfide) groups is 1. The Bertz CT molecular complexity index is 298. The normalized spacial score (nSPS) is 12.1. The van der Waals surface area contributed by atoms with Crippen molar-refractivity contribution in [1.82, 2.24) is 0 Å². The van der Waals surface area contributed by atoms with Gasteiger partial charge < -0.3 is 4.74 Å². The zero-order valence-corrected chi connectivity index (χ0v) is 9.92. The maximum atomic E-state index is 11.1. The molecule has 1 aromatic carbocycles. The molecular weight excluding hydrogens is 208 g/mol. The Labute approximate surface area is 95.0 Å². The van der Waals surface area contributed by atoms with E-state index >= 15 is 0 Å². The van der Waals surface area contributed by atoms with Gasteiger partial charge in [0.25, 0.3) is 0 Å². The highest BCUT2D eigenvalue weighted by Gasteiger charge is 2.12. The maximum Gasteiger partial charge on any atom is 0.309 e. The zero-order chi connectivity index (χ0) is 11.1. The average molecular weight is 224 g/mol. The molecule has 1 aromatic rings. The van der Waals surface area contributed by atoms with Crippen LogP contribution in [0.3, 0.4) is 0 Å². The first-order chi connectivity index (χ1) is 7.24. The summed E-state index contributed by atoms with van der Waals surface area (Å²) in [6.45, 7) is 1.89. The summed E-state index contributed by atoms with van der Waals surface area (Å²) in [6, 6.07) is 10.2. The Balaban J connectivity index is 2.25. The van der Waals surface area contributed by atoms with E-state index in [9.17, 15) is 4.79 Å². The van der Waals surface area contributed by atoms with Crippen LogP contribution in [0.2, 0.25) is 0 Å². The number of methoxy groups -OCH3 is 1. The molecule has 0 heterocycles. The van der Waals surface area contributed by atoms with Crippen molar-refractivity contribution in [2.24, 2.45) is 5.92 Å². The number of rotatable bonds is 5. The van der Waals surface area contributed by atoms with Gasteiger partial charge in [-0.15, -0.1) is 0 Å². The molecule has 0 amide bonds. The first kappa shape index (κ1) is 12.1. The van der Waals surface area contributed by atoms with E-state index in [1.54, 1.807) is 11.8 Å². The highest BCUT2D eigenvalue weighted by Crippen LogP contribution is 2.15. The summed E-state index contributed by atoms with van der Waals surface area (Å²) in [5.41, 5.74) is 1.29. The molecule has 0 fully saturated rings. The molecule has 2 nitrogen and oxygen atoms in total. The monoisotopic (exact) mass is 224 g/mol. The molecule has 0 aliphatic carbocycles. The molecule has 1 rings (SSSR count). The lowest BCUT2D eigenvalue weighted by Gasteiger charge is -2.08. The van der Waals surface area contributed by atoms with Crippen LogP contribution in [0, 0.1) is 5.92 Å². The third-order valence-electron chi connectivity index (χ3n) is 2.08. The third kappa shape index (κ3) is 4.38. The molecule has 3 heteroatoms. The molecule has 15 heavy (non-hydrogen) atoms. The highest BCUT2D eigenvalue weighted by molar-refractivity contribution is 7.98. The molecule has 0 saturated heterocycles. The minimum Gasteiger partial charge on any atom is -0.469 e. The standard InChI is InChI=1S/C12H16O2S/c1-10(12(13)14-2)8-15-9-11-6-4-3-5-7-11/h3-7,10H,8-9H2,1-2H3/t10-/m0/s1. The van der Waals surface area contributed by atoms with Crippen LogP contribution in [0.25, 0.3) is 0 Å². The Morgan fingerprint density at radius 1 is 1.40 bits per heavy atom. The topological polar surface area (TPSA) is 26.3 Å². The van der Waals surface area contributed by atoms with Gasteiger partial charge in [0.1, 0.15) is 0 Å². The zero-order valence-electron chi connectivity index (χ0n) is 9.10. The van der Waals surface area contributed by atoms with Crippen LogP contribution >= 0.6 is 11.8 Å². The molecular formula is C12H16O2S. The Morgan fingerprint density at radius 3 is 2.67 bits per heavy atom. The van der Waals surface area contributed by atoms with Gasteiger partial charge in [-0.05, 0) is 5.56 Å². The molecule has 0 aliphatic heterocycles. The molecule has 1 atom stereocenters. The van der Waals surface area contributed by atoms with Gasteiger partial charge in [0.05, 0.1) is 13.0 Å². The SMILES string of the molecule is COC(=O)[C@@H](C)CSCc1ccccc1. The van der Waals surface area contributed by atoms with Crippen LogP contribution in [-0.4, -0.2) is 18.8 Å². The summed E-state index contributed by atoms with van der Waals surface area (Å²) >= 11 is 1.76. The first-order valence-electron chi connectivity index (χ1n) is 4.93. The van der Waals surface area contributed by atoms with Gasteiger partial charge >= 0.3 is 5.97 Å². The van der Waals surface area contributed by atoms with Crippen LogP contribution in [0.5, 0.6) is 0 Å². The summed E-state index contributed by atoms with van der Waals surface area (Å²) < 4.78 is 4.66. The third-order valence-corrected chi connectivity index (χ3v) is 3.36. The second-order valence-electron chi connectivity index (χ2n) is 3.42. The number of esters is 1. The van der Waals surface area contributed by atoms with E-state index in [1.165, 1.54) is 12.7 Å².